The zero-order chi connectivity index (χ0) is 16.0. The Bertz CT molecular complexity index is 720. The summed E-state index contributed by atoms with van der Waals surface area (Å²) in [4.78, 5) is 0. The van der Waals surface area contributed by atoms with Gasteiger partial charge in [-0.15, -0.1) is 10.2 Å². The van der Waals surface area contributed by atoms with Gasteiger partial charge in [0.1, 0.15) is 11.6 Å². The first-order chi connectivity index (χ1) is 10.5. The summed E-state index contributed by atoms with van der Waals surface area (Å²) in [5.74, 6) is 0.320. The number of hydrogen-bond donors (Lipinski definition) is 2. The predicted molar refractivity (Wildman–Crippen MR) is 83.5 cm³/mol. The molecule has 0 aliphatic rings. The van der Waals surface area contributed by atoms with Crippen molar-refractivity contribution in [3.63, 3.8) is 0 Å². The Balaban J connectivity index is 1.96. The highest BCUT2D eigenvalue weighted by Crippen LogP contribution is 2.11. The maximum Gasteiger partial charge on any atom is 0.233 e. The van der Waals surface area contributed by atoms with Gasteiger partial charge >= 0.3 is 0 Å². The minimum Gasteiger partial charge on any atom is -0.364 e. The fourth-order valence-electron chi connectivity index (χ4n) is 1.79. The van der Waals surface area contributed by atoms with Crippen LogP contribution in [-0.2, 0) is 16.6 Å². The van der Waals surface area contributed by atoms with Gasteiger partial charge in [0.2, 0.25) is 10.0 Å². The van der Waals surface area contributed by atoms with Crippen molar-refractivity contribution in [3.05, 3.63) is 47.8 Å². The molecule has 2 aromatic rings. The summed E-state index contributed by atoms with van der Waals surface area (Å²) in [7, 11) is -3.38. The molecule has 0 saturated heterocycles. The molecule has 0 bridgehead atoms. The highest BCUT2D eigenvalue weighted by Gasteiger charge is 2.10. The molecule has 0 aliphatic heterocycles. The number of rotatable bonds is 7. The van der Waals surface area contributed by atoms with Gasteiger partial charge < -0.3 is 5.32 Å². The quantitative estimate of drug-likeness (QED) is 0.817. The molecule has 2 rings (SSSR count). The van der Waals surface area contributed by atoms with Crippen LogP contribution in [0.5, 0.6) is 0 Å². The fourth-order valence-corrected chi connectivity index (χ4v) is 2.85. The van der Waals surface area contributed by atoms with E-state index in [1.165, 1.54) is 12.1 Å². The number of aromatic nitrogens is 2. The standard InChI is InChI=1S/C14H17FN4O2S/c1-2-9-22(20,21)19-14-8-7-13(17-18-14)16-10-11-5-3-4-6-12(11)15/h3-8H,2,9-10H2,1H3,(H,16,17)(H,18,19). The minimum atomic E-state index is -3.38. The molecule has 22 heavy (non-hydrogen) atoms. The molecule has 0 atom stereocenters. The third kappa shape index (κ3) is 4.66. The van der Waals surface area contributed by atoms with E-state index in [9.17, 15) is 12.8 Å². The van der Waals surface area contributed by atoms with Crippen molar-refractivity contribution in [1.82, 2.24) is 10.2 Å². The smallest absolute Gasteiger partial charge is 0.233 e. The van der Waals surface area contributed by atoms with Gasteiger partial charge in [-0.25, -0.2) is 12.8 Å². The van der Waals surface area contributed by atoms with Crippen LogP contribution in [0.3, 0.4) is 0 Å². The van der Waals surface area contributed by atoms with Crippen molar-refractivity contribution in [2.75, 3.05) is 15.8 Å². The maximum atomic E-state index is 13.5. The third-order valence-corrected chi connectivity index (χ3v) is 4.28. The average molecular weight is 324 g/mol. The van der Waals surface area contributed by atoms with Crippen molar-refractivity contribution < 1.29 is 12.8 Å². The molecule has 0 saturated carbocycles. The van der Waals surface area contributed by atoms with E-state index in [-0.39, 0.29) is 23.9 Å². The zero-order valence-corrected chi connectivity index (χ0v) is 12.9. The summed E-state index contributed by atoms with van der Waals surface area (Å²) in [6.45, 7) is 2.04. The van der Waals surface area contributed by atoms with Gasteiger partial charge in [-0.3, -0.25) is 4.72 Å². The van der Waals surface area contributed by atoms with E-state index in [1.807, 2.05) is 0 Å². The fraction of sp³-hybridized carbons (Fsp3) is 0.286. The van der Waals surface area contributed by atoms with E-state index in [1.54, 1.807) is 31.2 Å². The number of halogens is 1. The van der Waals surface area contributed by atoms with Gasteiger partial charge in [-0.2, -0.15) is 0 Å². The van der Waals surface area contributed by atoms with E-state index in [4.69, 9.17) is 0 Å². The lowest BCUT2D eigenvalue weighted by Crippen LogP contribution is -2.17. The summed E-state index contributed by atoms with van der Waals surface area (Å²) in [5.41, 5.74) is 0.511. The van der Waals surface area contributed by atoms with Crippen LogP contribution in [0.1, 0.15) is 18.9 Å². The lowest BCUT2D eigenvalue weighted by Gasteiger charge is -2.08. The van der Waals surface area contributed by atoms with E-state index >= 15 is 0 Å². The van der Waals surface area contributed by atoms with Gasteiger partial charge in [0.15, 0.2) is 5.82 Å². The molecule has 1 aromatic carbocycles. The van der Waals surface area contributed by atoms with Crippen LogP contribution in [0.4, 0.5) is 16.0 Å². The van der Waals surface area contributed by atoms with E-state index in [0.717, 1.165) is 0 Å². The molecule has 6 nitrogen and oxygen atoms in total. The topological polar surface area (TPSA) is 84.0 Å². The molecule has 0 radical (unpaired) electrons. The van der Waals surface area contributed by atoms with Crippen LogP contribution in [0.15, 0.2) is 36.4 Å². The molecule has 118 valence electrons. The van der Waals surface area contributed by atoms with Crippen molar-refractivity contribution in [1.29, 1.82) is 0 Å². The summed E-state index contributed by atoms with van der Waals surface area (Å²) in [5, 5.41) is 10.6. The Kier molecular flexibility index (Phi) is 5.26. The molecule has 8 heteroatoms. The predicted octanol–water partition coefficient (Wildman–Crippen LogP) is 2.38. The Morgan fingerprint density at radius 1 is 1.09 bits per heavy atom. The Hall–Kier alpha value is -2.22. The van der Waals surface area contributed by atoms with Crippen LogP contribution >= 0.6 is 0 Å². The van der Waals surface area contributed by atoms with Crippen molar-refractivity contribution >= 4 is 21.7 Å². The second-order valence-corrected chi connectivity index (χ2v) is 6.51. The van der Waals surface area contributed by atoms with E-state index in [2.05, 4.69) is 20.2 Å². The molecular formula is C14H17FN4O2S. The summed E-state index contributed by atoms with van der Waals surface area (Å²) >= 11 is 0. The second kappa shape index (κ2) is 7.17. The van der Waals surface area contributed by atoms with Gasteiger partial charge in [0, 0.05) is 12.1 Å². The van der Waals surface area contributed by atoms with Crippen molar-refractivity contribution in [2.24, 2.45) is 0 Å². The van der Waals surface area contributed by atoms with Crippen LogP contribution in [0.2, 0.25) is 0 Å². The number of nitrogens with one attached hydrogen (secondary N) is 2. The molecule has 2 N–H and O–H groups in total. The summed E-state index contributed by atoms with van der Waals surface area (Å²) < 4.78 is 39.0. The highest BCUT2D eigenvalue weighted by atomic mass is 32.2. The van der Waals surface area contributed by atoms with Gasteiger partial charge in [-0.05, 0) is 24.6 Å². The molecule has 0 amide bonds. The average Bonchev–Trinajstić information content (AvgIpc) is 2.47. The first-order valence-electron chi connectivity index (χ1n) is 6.81. The monoisotopic (exact) mass is 324 g/mol. The van der Waals surface area contributed by atoms with Crippen LogP contribution < -0.4 is 10.0 Å². The number of sulfonamides is 1. The molecule has 1 aromatic heterocycles. The normalized spacial score (nSPS) is 11.2. The molecule has 0 fully saturated rings. The van der Waals surface area contributed by atoms with E-state index in [0.29, 0.717) is 17.8 Å². The Labute approximate surface area is 128 Å². The van der Waals surface area contributed by atoms with Gasteiger partial charge in [0.25, 0.3) is 0 Å². The van der Waals surface area contributed by atoms with Crippen LogP contribution in [0.25, 0.3) is 0 Å². The molecule has 0 unspecified atom stereocenters. The zero-order valence-electron chi connectivity index (χ0n) is 12.1. The molecule has 0 aliphatic carbocycles. The number of anilines is 2. The third-order valence-electron chi connectivity index (χ3n) is 2.82. The van der Waals surface area contributed by atoms with E-state index < -0.39 is 10.0 Å². The largest absolute Gasteiger partial charge is 0.364 e. The first-order valence-corrected chi connectivity index (χ1v) is 8.47. The number of nitrogens with zero attached hydrogens (tertiary/aromatic N) is 2. The Morgan fingerprint density at radius 3 is 2.41 bits per heavy atom. The van der Waals surface area contributed by atoms with Crippen molar-refractivity contribution in [3.8, 4) is 0 Å². The minimum absolute atomic E-state index is 0.0297. The molecular weight excluding hydrogens is 307 g/mol. The number of benzene rings is 1. The SMILES string of the molecule is CCCS(=O)(=O)Nc1ccc(NCc2ccccc2F)nn1. The summed E-state index contributed by atoms with van der Waals surface area (Å²) in [6, 6.07) is 9.51. The highest BCUT2D eigenvalue weighted by molar-refractivity contribution is 7.92. The number of hydrogen-bond acceptors (Lipinski definition) is 5. The van der Waals surface area contributed by atoms with Gasteiger partial charge in [-0.1, -0.05) is 25.1 Å². The second-order valence-electron chi connectivity index (χ2n) is 4.67. The maximum absolute atomic E-state index is 13.5. The molecule has 1 heterocycles. The van der Waals surface area contributed by atoms with Gasteiger partial charge in [0.05, 0.1) is 5.75 Å². The summed E-state index contributed by atoms with van der Waals surface area (Å²) in [6.07, 6.45) is 0.519. The van der Waals surface area contributed by atoms with Crippen LogP contribution in [-0.4, -0.2) is 24.4 Å². The first kappa shape index (κ1) is 16.2. The van der Waals surface area contributed by atoms with Crippen LogP contribution in [0, 0.1) is 5.82 Å². The van der Waals surface area contributed by atoms with Crippen molar-refractivity contribution in [2.45, 2.75) is 19.9 Å². The Morgan fingerprint density at radius 2 is 1.77 bits per heavy atom. The lowest BCUT2D eigenvalue weighted by atomic mass is 10.2. The molecule has 0 spiro atoms. The lowest BCUT2D eigenvalue weighted by molar-refractivity contribution is 0.599.